The molecule has 0 aliphatic carbocycles. The van der Waals surface area contributed by atoms with Crippen molar-refractivity contribution >= 4 is 32.7 Å². The third-order valence-electron chi connectivity index (χ3n) is 18.2. The molecule has 96 heavy (non-hydrogen) atoms. The highest BCUT2D eigenvalue weighted by Gasteiger charge is 2.16. The Labute approximate surface area is 559 Å². The minimum Gasteiger partial charge on any atom is -0.264 e. The predicted molar refractivity (Wildman–Crippen MR) is 402 cm³/mol. The van der Waals surface area contributed by atoms with Crippen molar-refractivity contribution in [3.63, 3.8) is 0 Å². The zero-order chi connectivity index (χ0) is 64.0. The van der Waals surface area contributed by atoms with Crippen molar-refractivity contribution in [1.82, 2.24) is 19.9 Å². The molecule has 13 aromatic carbocycles. The normalized spacial score (nSPS) is 11.1. The van der Waals surface area contributed by atoms with Crippen LogP contribution in [0.5, 0.6) is 0 Å². The first-order valence-electron chi connectivity index (χ1n) is 32.5. The molecule has 4 heteroatoms. The van der Waals surface area contributed by atoms with Crippen LogP contribution in [0.15, 0.2) is 377 Å². The molecule has 17 rings (SSSR count). The third-order valence-corrected chi connectivity index (χ3v) is 18.2. The van der Waals surface area contributed by atoms with E-state index in [0.717, 1.165) is 99.7 Å². The Morgan fingerprint density at radius 3 is 0.875 bits per heavy atom. The van der Waals surface area contributed by atoms with Crippen molar-refractivity contribution in [3.05, 3.63) is 377 Å². The van der Waals surface area contributed by atoms with Crippen LogP contribution in [-0.2, 0) is 0 Å². The fourth-order valence-electron chi connectivity index (χ4n) is 13.0. The minimum atomic E-state index is 0.953. The number of hydrogen-bond donors (Lipinski definition) is 0. The average Bonchev–Trinajstić information content (AvgIpc) is 0.820. The maximum Gasteiger partial charge on any atom is 0.0780 e. The Bertz CT molecular complexity index is 5530. The molecule has 0 saturated heterocycles. The highest BCUT2D eigenvalue weighted by atomic mass is 14.7. The van der Waals surface area contributed by atoms with Crippen LogP contribution in [0.2, 0.25) is 0 Å². The van der Waals surface area contributed by atoms with Gasteiger partial charge in [0.15, 0.2) is 0 Å². The number of nitrogens with zero attached hydrogens (tertiary/aromatic N) is 4. The molecule has 450 valence electrons. The lowest BCUT2D eigenvalue weighted by molar-refractivity contribution is 1.33. The van der Waals surface area contributed by atoms with E-state index in [-0.39, 0.29) is 0 Å². The lowest BCUT2D eigenvalue weighted by atomic mass is 9.93. The molecule has 0 N–H and O–H groups in total. The number of hydrogen-bond acceptors (Lipinski definition) is 4. The van der Waals surface area contributed by atoms with Crippen molar-refractivity contribution in [2.24, 2.45) is 0 Å². The van der Waals surface area contributed by atoms with Crippen LogP contribution in [0.25, 0.3) is 166 Å². The van der Waals surface area contributed by atoms with Crippen molar-refractivity contribution < 1.29 is 0 Å². The minimum absolute atomic E-state index is 0.953. The van der Waals surface area contributed by atoms with E-state index in [1.807, 2.05) is 36.8 Å². The number of pyridine rings is 4. The monoisotopic (exact) mass is 1220 g/mol. The molecule has 0 amide bonds. The maximum atomic E-state index is 5.21. The molecule has 0 bridgehead atoms. The molecule has 0 fully saturated rings. The third kappa shape index (κ3) is 12.3. The fraction of sp³-hybridized carbons (Fsp3) is 0. The van der Waals surface area contributed by atoms with Gasteiger partial charge < -0.3 is 0 Å². The van der Waals surface area contributed by atoms with Crippen molar-refractivity contribution in [2.45, 2.75) is 0 Å². The predicted octanol–water partition coefficient (Wildman–Crippen LogP) is 24.4. The quantitative estimate of drug-likeness (QED) is 0.122. The topological polar surface area (TPSA) is 51.6 Å². The van der Waals surface area contributed by atoms with Gasteiger partial charge in [-0.05, 0) is 154 Å². The number of fused-ring (bicyclic) bond motifs is 3. The lowest BCUT2D eigenvalue weighted by Gasteiger charge is -2.14. The summed E-state index contributed by atoms with van der Waals surface area (Å²) in [7, 11) is 0. The van der Waals surface area contributed by atoms with E-state index in [4.69, 9.17) is 15.0 Å². The molecule has 4 aromatic heterocycles. The Balaban J connectivity index is 0.000000152. The molecule has 0 spiro atoms. The number of rotatable bonds is 12. The van der Waals surface area contributed by atoms with Crippen LogP contribution in [0.4, 0.5) is 0 Å². The molecular formula is C92H62N4. The van der Waals surface area contributed by atoms with E-state index in [1.165, 1.54) is 66.8 Å². The Morgan fingerprint density at radius 1 is 0.188 bits per heavy atom. The van der Waals surface area contributed by atoms with Crippen molar-refractivity contribution in [3.8, 4) is 134 Å². The Kier molecular flexibility index (Phi) is 16.1. The molecule has 0 aliphatic rings. The molecule has 4 heterocycles. The summed E-state index contributed by atoms with van der Waals surface area (Å²) >= 11 is 0. The SMILES string of the molecule is c1ccc(-c2ccc(-c3ccc4nc(-c5ccc(-c6ccccc6)cc5)cc(-c5ccc(-c6cccc7cccnc67)cc5)c4c3)cc2)cc1.c1ccc(-c2ccc(-c3ccc4nc(-c5ccc(-c6ccccc6)cc5)cc(-c5ccc(-c6cccnc6)cc5)c4c3)cc2)cc1. The zero-order valence-electron chi connectivity index (χ0n) is 52.6. The summed E-state index contributed by atoms with van der Waals surface area (Å²) in [6, 6.07) is 127. The molecular weight excluding hydrogens is 1160 g/mol. The van der Waals surface area contributed by atoms with Gasteiger partial charge in [-0.1, -0.05) is 309 Å². The first-order chi connectivity index (χ1) is 47.5. The highest BCUT2D eigenvalue weighted by Crippen LogP contribution is 2.40. The van der Waals surface area contributed by atoms with Crippen LogP contribution < -0.4 is 0 Å². The largest absolute Gasteiger partial charge is 0.264 e. The van der Waals surface area contributed by atoms with Crippen LogP contribution in [0, 0.1) is 0 Å². The van der Waals surface area contributed by atoms with Crippen molar-refractivity contribution in [1.29, 1.82) is 0 Å². The van der Waals surface area contributed by atoms with Crippen LogP contribution >= 0.6 is 0 Å². The van der Waals surface area contributed by atoms with Crippen LogP contribution in [0.1, 0.15) is 0 Å². The van der Waals surface area contributed by atoms with E-state index in [2.05, 4.69) is 345 Å². The molecule has 0 atom stereocenters. The molecule has 0 saturated carbocycles. The summed E-state index contributed by atoms with van der Waals surface area (Å²) in [5.41, 5.74) is 30.5. The molecule has 0 unspecified atom stereocenters. The van der Waals surface area contributed by atoms with Gasteiger partial charge in [0.1, 0.15) is 0 Å². The molecule has 0 aliphatic heterocycles. The van der Waals surface area contributed by atoms with Gasteiger partial charge in [0.25, 0.3) is 0 Å². The van der Waals surface area contributed by atoms with Crippen LogP contribution in [-0.4, -0.2) is 19.9 Å². The van der Waals surface area contributed by atoms with Gasteiger partial charge in [0, 0.05) is 51.4 Å². The van der Waals surface area contributed by atoms with Crippen LogP contribution in [0.3, 0.4) is 0 Å². The van der Waals surface area contributed by atoms with Gasteiger partial charge >= 0.3 is 0 Å². The average molecular weight is 1220 g/mol. The number of benzene rings is 13. The summed E-state index contributed by atoms with van der Waals surface area (Å²) in [4.78, 5) is 19.4. The molecule has 0 radical (unpaired) electrons. The summed E-state index contributed by atoms with van der Waals surface area (Å²) in [5.74, 6) is 0. The summed E-state index contributed by atoms with van der Waals surface area (Å²) in [5, 5.41) is 3.39. The van der Waals surface area contributed by atoms with E-state index >= 15 is 0 Å². The van der Waals surface area contributed by atoms with Crippen molar-refractivity contribution in [2.75, 3.05) is 0 Å². The van der Waals surface area contributed by atoms with E-state index in [9.17, 15) is 0 Å². The first-order valence-corrected chi connectivity index (χ1v) is 32.5. The van der Waals surface area contributed by atoms with Gasteiger partial charge in [0.05, 0.1) is 27.9 Å². The number of aromatic nitrogens is 4. The zero-order valence-corrected chi connectivity index (χ0v) is 52.6. The van der Waals surface area contributed by atoms with Gasteiger partial charge in [0.2, 0.25) is 0 Å². The second-order valence-electron chi connectivity index (χ2n) is 24.1. The molecule has 17 aromatic rings. The Morgan fingerprint density at radius 2 is 0.490 bits per heavy atom. The van der Waals surface area contributed by atoms with E-state index in [1.54, 1.807) is 0 Å². The maximum absolute atomic E-state index is 5.21. The van der Waals surface area contributed by atoms with Gasteiger partial charge in [-0.3, -0.25) is 9.97 Å². The summed E-state index contributed by atoms with van der Waals surface area (Å²) in [6.45, 7) is 0. The fourth-order valence-corrected chi connectivity index (χ4v) is 13.0. The summed E-state index contributed by atoms with van der Waals surface area (Å²) < 4.78 is 0. The lowest BCUT2D eigenvalue weighted by Crippen LogP contribution is -1.92. The van der Waals surface area contributed by atoms with Gasteiger partial charge in [-0.25, -0.2) is 9.97 Å². The van der Waals surface area contributed by atoms with Gasteiger partial charge in [-0.15, -0.1) is 0 Å². The smallest absolute Gasteiger partial charge is 0.0780 e. The Hall–Kier alpha value is -12.8. The first kappa shape index (κ1) is 58.3. The van der Waals surface area contributed by atoms with Gasteiger partial charge in [-0.2, -0.15) is 0 Å². The standard InChI is InChI=1S/C48H32N2.C44H30N2/c1-3-9-33(10-4-1)35-16-18-37(19-17-35)42-28-29-46-45(31-42)44(32-47(50-46)40-26-20-36(21-27-40)34-11-5-2-6-12-34)39-24-22-38(23-25-39)43-15-7-13-41-14-8-30-49-48(41)43;1-3-8-31(9-4-1)33-13-15-35(16-14-33)39-25-26-43-42(28-39)41(37-21-17-36(18-22-37)40-12-7-27-45-30-40)29-44(46-43)38-23-19-34(20-24-38)32-10-5-2-6-11-32/h1-32H;1-30H. The second kappa shape index (κ2) is 26.5. The van der Waals surface area contributed by atoms with E-state index in [0.29, 0.717) is 0 Å². The molecule has 4 nitrogen and oxygen atoms in total. The van der Waals surface area contributed by atoms with E-state index < -0.39 is 0 Å². The summed E-state index contributed by atoms with van der Waals surface area (Å²) in [6.07, 6.45) is 5.58. The highest BCUT2D eigenvalue weighted by molar-refractivity contribution is 6.02. The number of para-hydroxylation sites is 1. The second-order valence-corrected chi connectivity index (χ2v) is 24.1.